The van der Waals surface area contributed by atoms with Crippen molar-refractivity contribution in [1.29, 1.82) is 0 Å². The summed E-state index contributed by atoms with van der Waals surface area (Å²) in [6.45, 7) is 0.308. The third-order valence-electron chi connectivity index (χ3n) is 5.16. The molecular formula is C24H15N2O3S-. The van der Waals surface area contributed by atoms with Crippen LogP contribution in [0, 0.1) is 0 Å². The molecule has 0 aliphatic carbocycles. The maximum atomic E-state index is 13.3. The number of rotatable bonds is 4. The van der Waals surface area contributed by atoms with Gasteiger partial charge < -0.3 is 9.90 Å². The fraction of sp³-hybridized carbons (Fsp3) is 0.0417. The first kappa shape index (κ1) is 18.3. The predicted molar refractivity (Wildman–Crippen MR) is 117 cm³/mol. The average Bonchev–Trinajstić information content (AvgIpc) is 3.21. The van der Waals surface area contributed by atoms with Gasteiger partial charge in [0, 0.05) is 10.9 Å². The van der Waals surface area contributed by atoms with Crippen LogP contribution in [0.15, 0.2) is 83.2 Å². The summed E-state index contributed by atoms with van der Waals surface area (Å²) in [7, 11) is 0. The van der Waals surface area contributed by atoms with Crippen molar-refractivity contribution < 1.29 is 9.90 Å². The van der Waals surface area contributed by atoms with E-state index in [0.29, 0.717) is 16.8 Å². The summed E-state index contributed by atoms with van der Waals surface area (Å²) in [5.41, 5.74) is 2.66. The molecule has 0 aliphatic rings. The summed E-state index contributed by atoms with van der Waals surface area (Å²) >= 11 is 1.45. The standard InChI is InChI=1S/C24H16N2O3S/c27-23-21-20(19-10-9-16-3-1-2-4-18(16)11-19)13-30-22(21)25-14-26(23)12-15-5-7-17(8-6-15)24(28)29/h1-11,13-14H,12H2,(H,28,29)/p-1. The van der Waals surface area contributed by atoms with Crippen LogP contribution in [0.2, 0.25) is 0 Å². The highest BCUT2D eigenvalue weighted by atomic mass is 32.1. The van der Waals surface area contributed by atoms with Gasteiger partial charge in [0.2, 0.25) is 0 Å². The third kappa shape index (κ3) is 3.17. The van der Waals surface area contributed by atoms with Crippen LogP contribution in [-0.4, -0.2) is 15.5 Å². The number of aromatic nitrogens is 2. The lowest BCUT2D eigenvalue weighted by molar-refractivity contribution is -0.255. The molecule has 30 heavy (non-hydrogen) atoms. The molecule has 0 fully saturated rings. The molecule has 2 aromatic heterocycles. The average molecular weight is 411 g/mol. The monoisotopic (exact) mass is 411 g/mol. The van der Waals surface area contributed by atoms with Crippen LogP contribution in [0.4, 0.5) is 0 Å². The molecular weight excluding hydrogens is 396 g/mol. The molecule has 0 saturated carbocycles. The number of carbonyl (C=O) groups excluding carboxylic acids is 1. The molecule has 0 spiro atoms. The van der Waals surface area contributed by atoms with Crippen LogP contribution in [0.1, 0.15) is 15.9 Å². The number of fused-ring (bicyclic) bond motifs is 2. The Hall–Kier alpha value is -3.77. The van der Waals surface area contributed by atoms with Gasteiger partial charge in [-0.1, -0.05) is 60.7 Å². The molecule has 0 atom stereocenters. The van der Waals surface area contributed by atoms with Crippen molar-refractivity contribution in [1.82, 2.24) is 9.55 Å². The molecule has 0 unspecified atom stereocenters. The topological polar surface area (TPSA) is 75.0 Å². The van der Waals surface area contributed by atoms with E-state index in [2.05, 4.69) is 29.2 Å². The first-order valence-corrected chi connectivity index (χ1v) is 10.2. The minimum atomic E-state index is -1.22. The van der Waals surface area contributed by atoms with Crippen molar-refractivity contribution in [2.75, 3.05) is 0 Å². The van der Waals surface area contributed by atoms with Crippen molar-refractivity contribution in [2.45, 2.75) is 6.54 Å². The van der Waals surface area contributed by atoms with E-state index in [4.69, 9.17) is 0 Å². The molecule has 0 N–H and O–H groups in total. The lowest BCUT2D eigenvalue weighted by atomic mass is 10.0. The quantitative estimate of drug-likeness (QED) is 0.452. The van der Waals surface area contributed by atoms with Gasteiger partial charge in [-0.3, -0.25) is 9.36 Å². The summed E-state index contributed by atoms with van der Waals surface area (Å²) in [5.74, 6) is -1.22. The first-order valence-electron chi connectivity index (χ1n) is 9.36. The summed E-state index contributed by atoms with van der Waals surface area (Å²) in [6.07, 6.45) is 1.54. The number of benzene rings is 3. The zero-order chi connectivity index (χ0) is 20.7. The molecule has 3 aromatic carbocycles. The Morgan fingerprint density at radius 3 is 2.53 bits per heavy atom. The van der Waals surface area contributed by atoms with Gasteiger partial charge in [-0.25, -0.2) is 4.98 Å². The van der Waals surface area contributed by atoms with Crippen molar-refractivity contribution in [3.8, 4) is 11.1 Å². The zero-order valence-corrected chi connectivity index (χ0v) is 16.6. The molecule has 146 valence electrons. The lowest BCUT2D eigenvalue weighted by Crippen LogP contribution is -2.22. The van der Waals surface area contributed by atoms with Gasteiger partial charge in [-0.05, 0) is 33.5 Å². The van der Waals surface area contributed by atoms with E-state index in [1.54, 1.807) is 16.7 Å². The number of aromatic carboxylic acids is 1. The van der Waals surface area contributed by atoms with Crippen LogP contribution in [0.25, 0.3) is 32.1 Å². The number of thiophene rings is 1. The Kier molecular flexibility index (Phi) is 4.41. The fourth-order valence-corrected chi connectivity index (χ4v) is 4.50. The Bertz CT molecular complexity index is 1470. The van der Waals surface area contributed by atoms with E-state index in [-0.39, 0.29) is 11.1 Å². The van der Waals surface area contributed by atoms with E-state index >= 15 is 0 Å². The molecule has 6 heteroatoms. The predicted octanol–water partition coefficient (Wildman–Crippen LogP) is 3.69. The maximum Gasteiger partial charge on any atom is 0.263 e. The van der Waals surface area contributed by atoms with E-state index in [0.717, 1.165) is 27.5 Å². The van der Waals surface area contributed by atoms with Crippen LogP contribution in [0.5, 0.6) is 0 Å². The van der Waals surface area contributed by atoms with Gasteiger partial charge in [0.1, 0.15) is 4.83 Å². The summed E-state index contributed by atoms with van der Waals surface area (Å²) in [6, 6.07) is 20.6. The third-order valence-corrected chi connectivity index (χ3v) is 6.05. The summed E-state index contributed by atoms with van der Waals surface area (Å²) in [5, 5.41) is 15.8. The number of carboxylic acids is 1. The van der Waals surface area contributed by atoms with Crippen molar-refractivity contribution in [3.05, 3.63) is 99.9 Å². The van der Waals surface area contributed by atoms with E-state index < -0.39 is 5.97 Å². The fourth-order valence-electron chi connectivity index (χ4n) is 3.59. The number of carboxylic acid groups (broad SMARTS) is 1. The van der Waals surface area contributed by atoms with Gasteiger partial charge in [0.25, 0.3) is 5.56 Å². The van der Waals surface area contributed by atoms with Gasteiger partial charge in [0.05, 0.1) is 24.2 Å². The largest absolute Gasteiger partial charge is 0.545 e. The van der Waals surface area contributed by atoms with E-state index in [9.17, 15) is 14.7 Å². The Morgan fingerprint density at radius 1 is 1.00 bits per heavy atom. The van der Waals surface area contributed by atoms with E-state index in [1.807, 2.05) is 23.6 Å². The van der Waals surface area contributed by atoms with Crippen molar-refractivity contribution >= 4 is 38.3 Å². The number of hydrogen-bond acceptors (Lipinski definition) is 5. The second-order valence-corrected chi connectivity index (χ2v) is 7.91. The van der Waals surface area contributed by atoms with Crippen LogP contribution in [-0.2, 0) is 6.54 Å². The lowest BCUT2D eigenvalue weighted by Gasteiger charge is -2.08. The van der Waals surface area contributed by atoms with Gasteiger partial charge in [0.15, 0.2) is 0 Å². The Balaban J connectivity index is 1.58. The maximum absolute atomic E-state index is 13.3. The second-order valence-electron chi connectivity index (χ2n) is 7.05. The van der Waals surface area contributed by atoms with Gasteiger partial charge in [-0.2, -0.15) is 0 Å². The van der Waals surface area contributed by atoms with Crippen molar-refractivity contribution in [2.24, 2.45) is 0 Å². The number of nitrogens with zero attached hydrogens (tertiary/aromatic N) is 2. The molecule has 5 rings (SSSR count). The highest BCUT2D eigenvalue weighted by Crippen LogP contribution is 2.32. The van der Waals surface area contributed by atoms with Crippen LogP contribution >= 0.6 is 11.3 Å². The summed E-state index contributed by atoms with van der Waals surface area (Å²) < 4.78 is 1.55. The van der Waals surface area contributed by atoms with Crippen molar-refractivity contribution in [3.63, 3.8) is 0 Å². The minimum absolute atomic E-state index is 0.107. The highest BCUT2D eigenvalue weighted by molar-refractivity contribution is 7.17. The normalized spacial score (nSPS) is 11.2. The molecule has 2 heterocycles. The molecule has 0 saturated heterocycles. The van der Waals surface area contributed by atoms with Crippen LogP contribution < -0.4 is 10.7 Å². The summed E-state index contributed by atoms with van der Waals surface area (Å²) in [4.78, 5) is 29.3. The SMILES string of the molecule is O=C([O-])c1ccc(Cn2cnc3scc(-c4ccc5ccccc5c4)c3c2=O)cc1. The van der Waals surface area contributed by atoms with Gasteiger partial charge >= 0.3 is 0 Å². The molecule has 5 aromatic rings. The minimum Gasteiger partial charge on any atom is -0.545 e. The number of carbonyl (C=O) groups is 1. The molecule has 0 bridgehead atoms. The molecule has 0 amide bonds. The van der Waals surface area contributed by atoms with Crippen LogP contribution in [0.3, 0.4) is 0 Å². The Morgan fingerprint density at radius 2 is 1.77 bits per heavy atom. The molecule has 0 radical (unpaired) electrons. The van der Waals surface area contributed by atoms with Gasteiger partial charge in [-0.15, -0.1) is 11.3 Å². The second kappa shape index (κ2) is 7.24. The molecule has 5 nitrogen and oxygen atoms in total. The molecule has 0 aliphatic heterocycles. The highest BCUT2D eigenvalue weighted by Gasteiger charge is 2.14. The van der Waals surface area contributed by atoms with E-state index in [1.165, 1.54) is 29.8 Å². The zero-order valence-electron chi connectivity index (χ0n) is 15.7. The number of hydrogen-bond donors (Lipinski definition) is 0. The first-order chi connectivity index (χ1) is 14.6. The Labute approximate surface area is 175 Å². The smallest absolute Gasteiger partial charge is 0.263 e.